The number of nitrogens with one attached hydrogen (secondary N) is 1. The van der Waals surface area contributed by atoms with Gasteiger partial charge in [0.05, 0.1) is 23.1 Å². The fourth-order valence-electron chi connectivity index (χ4n) is 2.62. The first-order chi connectivity index (χ1) is 11.0. The van der Waals surface area contributed by atoms with E-state index < -0.39 is 0 Å². The molecule has 0 fully saturated rings. The molecule has 0 saturated heterocycles. The standard InChI is InChI=1S/C17H18N4O2/c1-11-8-16(22)13-6-4-5-7-15(13)21(11)10-17(23)19-14-9-18-20(3)12(14)2/h4-9H,10H2,1-3H3,(H,19,23). The smallest absolute Gasteiger partial charge is 0.244 e. The van der Waals surface area contributed by atoms with E-state index in [0.717, 1.165) is 16.9 Å². The highest BCUT2D eigenvalue weighted by atomic mass is 16.2. The van der Waals surface area contributed by atoms with Crippen LogP contribution in [0, 0.1) is 13.8 Å². The maximum Gasteiger partial charge on any atom is 0.244 e. The van der Waals surface area contributed by atoms with Crippen LogP contribution in [0.1, 0.15) is 11.4 Å². The molecule has 2 heterocycles. The molecule has 23 heavy (non-hydrogen) atoms. The van der Waals surface area contributed by atoms with Crippen LogP contribution in [0.3, 0.4) is 0 Å². The Morgan fingerprint density at radius 3 is 2.70 bits per heavy atom. The molecular formula is C17H18N4O2. The van der Waals surface area contributed by atoms with Gasteiger partial charge in [0.25, 0.3) is 0 Å². The monoisotopic (exact) mass is 310 g/mol. The van der Waals surface area contributed by atoms with Gasteiger partial charge in [0.2, 0.25) is 5.91 Å². The molecule has 0 radical (unpaired) electrons. The van der Waals surface area contributed by atoms with Crippen molar-refractivity contribution in [3.63, 3.8) is 0 Å². The van der Waals surface area contributed by atoms with E-state index in [0.29, 0.717) is 11.1 Å². The third-order valence-corrected chi connectivity index (χ3v) is 4.04. The second-order valence-electron chi connectivity index (χ2n) is 5.57. The first kappa shape index (κ1) is 15.0. The van der Waals surface area contributed by atoms with Gasteiger partial charge in [-0.05, 0) is 26.0 Å². The fourth-order valence-corrected chi connectivity index (χ4v) is 2.62. The lowest BCUT2D eigenvalue weighted by atomic mass is 10.2. The zero-order chi connectivity index (χ0) is 16.6. The van der Waals surface area contributed by atoms with E-state index in [2.05, 4.69) is 10.4 Å². The summed E-state index contributed by atoms with van der Waals surface area (Å²) in [5.74, 6) is -0.155. The number of aromatic nitrogens is 3. The van der Waals surface area contributed by atoms with Gasteiger partial charge in [-0.25, -0.2) is 0 Å². The van der Waals surface area contributed by atoms with Crippen molar-refractivity contribution in [3.8, 4) is 0 Å². The minimum Gasteiger partial charge on any atom is -0.335 e. The van der Waals surface area contributed by atoms with Crippen molar-refractivity contribution in [2.24, 2.45) is 7.05 Å². The molecule has 0 unspecified atom stereocenters. The van der Waals surface area contributed by atoms with Gasteiger partial charge < -0.3 is 9.88 Å². The average Bonchev–Trinajstić information content (AvgIpc) is 2.83. The Balaban J connectivity index is 1.94. The number of amides is 1. The molecule has 0 atom stereocenters. The molecule has 0 aliphatic rings. The highest BCUT2D eigenvalue weighted by molar-refractivity contribution is 5.92. The molecule has 0 saturated carbocycles. The third-order valence-electron chi connectivity index (χ3n) is 4.04. The van der Waals surface area contributed by atoms with Crippen LogP contribution in [0.25, 0.3) is 10.9 Å². The third kappa shape index (κ3) is 2.75. The van der Waals surface area contributed by atoms with Gasteiger partial charge in [0, 0.05) is 24.2 Å². The highest BCUT2D eigenvalue weighted by Crippen LogP contribution is 2.15. The maximum atomic E-state index is 12.4. The number of benzene rings is 1. The Morgan fingerprint density at radius 1 is 1.26 bits per heavy atom. The largest absolute Gasteiger partial charge is 0.335 e. The summed E-state index contributed by atoms with van der Waals surface area (Å²) in [5.41, 5.74) is 3.07. The van der Waals surface area contributed by atoms with Crippen LogP contribution in [0.15, 0.2) is 41.3 Å². The van der Waals surface area contributed by atoms with Crippen molar-refractivity contribution < 1.29 is 4.79 Å². The summed E-state index contributed by atoms with van der Waals surface area (Å²) in [6, 6.07) is 8.87. The van der Waals surface area contributed by atoms with Crippen LogP contribution >= 0.6 is 0 Å². The number of anilines is 1. The van der Waals surface area contributed by atoms with Gasteiger partial charge in [-0.1, -0.05) is 12.1 Å². The molecule has 0 bridgehead atoms. The molecule has 0 aliphatic heterocycles. The van der Waals surface area contributed by atoms with Gasteiger partial charge in [-0.15, -0.1) is 0 Å². The normalized spacial score (nSPS) is 10.9. The molecule has 1 N–H and O–H groups in total. The van der Waals surface area contributed by atoms with E-state index in [1.165, 1.54) is 0 Å². The first-order valence-corrected chi connectivity index (χ1v) is 7.35. The molecule has 1 aromatic carbocycles. The number of para-hydroxylation sites is 1. The number of hydrogen-bond acceptors (Lipinski definition) is 3. The quantitative estimate of drug-likeness (QED) is 0.804. The summed E-state index contributed by atoms with van der Waals surface area (Å²) in [7, 11) is 1.82. The number of aryl methyl sites for hydroxylation is 2. The summed E-state index contributed by atoms with van der Waals surface area (Å²) >= 11 is 0. The summed E-state index contributed by atoms with van der Waals surface area (Å²) in [5, 5.41) is 7.59. The topological polar surface area (TPSA) is 68.9 Å². The van der Waals surface area contributed by atoms with Gasteiger partial charge in [0.1, 0.15) is 6.54 Å². The van der Waals surface area contributed by atoms with E-state index in [-0.39, 0.29) is 17.9 Å². The zero-order valence-corrected chi connectivity index (χ0v) is 13.3. The molecule has 3 aromatic rings. The van der Waals surface area contributed by atoms with Gasteiger partial charge in [0.15, 0.2) is 5.43 Å². The van der Waals surface area contributed by atoms with Crippen molar-refractivity contribution in [1.82, 2.24) is 14.3 Å². The van der Waals surface area contributed by atoms with Crippen molar-refractivity contribution >= 4 is 22.5 Å². The van der Waals surface area contributed by atoms with Gasteiger partial charge >= 0.3 is 0 Å². The number of carbonyl (C=O) groups is 1. The number of fused-ring (bicyclic) bond motifs is 1. The van der Waals surface area contributed by atoms with E-state index in [9.17, 15) is 9.59 Å². The second-order valence-corrected chi connectivity index (χ2v) is 5.57. The van der Waals surface area contributed by atoms with E-state index >= 15 is 0 Å². The van der Waals surface area contributed by atoms with Crippen LogP contribution in [0.4, 0.5) is 5.69 Å². The SMILES string of the molecule is Cc1c(NC(=O)Cn2c(C)cc(=O)c3ccccc32)cnn1C. The number of hydrogen-bond donors (Lipinski definition) is 1. The Kier molecular flexibility index (Phi) is 3.73. The van der Waals surface area contributed by atoms with E-state index in [4.69, 9.17) is 0 Å². The highest BCUT2D eigenvalue weighted by Gasteiger charge is 2.12. The first-order valence-electron chi connectivity index (χ1n) is 7.35. The summed E-state index contributed by atoms with van der Waals surface area (Å²) in [4.78, 5) is 24.4. The Labute approximate surface area is 133 Å². The van der Waals surface area contributed by atoms with Crippen molar-refractivity contribution in [2.45, 2.75) is 20.4 Å². The molecule has 0 spiro atoms. The lowest BCUT2D eigenvalue weighted by Gasteiger charge is -2.14. The molecule has 6 nitrogen and oxygen atoms in total. The second kappa shape index (κ2) is 5.72. The average molecular weight is 310 g/mol. The summed E-state index contributed by atoms with van der Waals surface area (Å²) in [6.45, 7) is 3.86. The van der Waals surface area contributed by atoms with E-state index in [1.807, 2.05) is 43.7 Å². The lowest BCUT2D eigenvalue weighted by molar-refractivity contribution is -0.116. The van der Waals surface area contributed by atoms with Crippen LogP contribution in [-0.4, -0.2) is 20.3 Å². The molecular weight excluding hydrogens is 292 g/mol. The number of pyridine rings is 1. The van der Waals surface area contributed by atoms with Crippen molar-refractivity contribution in [2.75, 3.05) is 5.32 Å². The molecule has 1 amide bonds. The summed E-state index contributed by atoms with van der Waals surface area (Å²) in [6.07, 6.45) is 1.63. The van der Waals surface area contributed by atoms with Crippen LogP contribution in [0.2, 0.25) is 0 Å². The van der Waals surface area contributed by atoms with Gasteiger partial charge in [-0.2, -0.15) is 5.10 Å². The van der Waals surface area contributed by atoms with Crippen molar-refractivity contribution in [1.29, 1.82) is 0 Å². The Bertz CT molecular complexity index is 953. The van der Waals surface area contributed by atoms with Crippen molar-refractivity contribution in [3.05, 3.63) is 58.1 Å². The minimum atomic E-state index is -0.155. The summed E-state index contributed by atoms with van der Waals surface area (Å²) < 4.78 is 3.55. The van der Waals surface area contributed by atoms with Gasteiger partial charge in [-0.3, -0.25) is 14.3 Å². The number of rotatable bonds is 3. The molecule has 6 heteroatoms. The van der Waals surface area contributed by atoms with Crippen LogP contribution < -0.4 is 10.7 Å². The molecule has 2 aromatic heterocycles. The fraction of sp³-hybridized carbons (Fsp3) is 0.235. The van der Waals surface area contributed by atoms with Crippen LogP contribution in [0.5, 0.6) is 0 Å². The van der Waals surface area contributed by atoms with E-state index in [1.54, 1.807) is 23.0 Å². The number of carbonyl (C=O) groups excluding carboxylic acids is 1. The Morgan fingerprint density at radius 2 is 2.00 bits per heavy atom. The molecule has 0 aliphatic carbocycles. The number of nitrogens with zero attached hydrogens (tertiary/aromatic N) is 3. The minimum absolute atomic E-state index is 0.0298. The zero-order valence-electron chi connectivity index (χ0n) is 13.3. The molecule has 3 rings (SSSR count). The predicted octanol–water partition coefficient (Wildman–Crippen LogP) is 1.99. The van der Waals surface area contributed by atoms with Crippen LogP contribution in [-0.2, 0) is 18.4 Å². The lowest BCUT2D eigenvalue weighted by Crippen LogP contribution is -2.22. The predicted molar refractivity (Wildman–Crippen MR) is 89.5 cm³/mol. The maximum absolute atomic E-state index is 12.4. The molecule has 118 valence electrons. The Hall–Kier alpha value is -2.89.